The summed E-state index contributed by atoms with van der Waals surface area (Å²) >= 11 is 1.51. The molecule has 2 N–H and O–H groups in total. The predicted octanol–water partition coefficient (Wildman–Crippen LogP) is 3.58. The molecule has 0 radical (unpaired) electrons. The highest BCUT2D eigenvalue weighted by Crippen LogP contribution is 2.40. The summed E-state index contributed by atoms with van der Waals surface area (Å²) in [6.45, 7) is 2.67. The van der Waals surface area contributed by atoms with Gasteiger partial charge in [0.05, 0.1) is 36.7 Å². The topological polar surface area (TPSA) is 94.9 Å². The quantitative estimate of drug-likeness (QED) is 0.545. The van der Waals surface area contributed by atoms with Crippen LogP contribution in [0.2, 0.25) is 0 Å². The Morgan fingerprint density at radius 2 is 2.03 bits per heavy atom. The van der Waals surface area contributed by atoms with Crippen molar-refractivity contribution in [2.24, 2.45) is 0 Å². The second-order valence-electron chi connectivity index (χ2n) is 8.09. The van der Waals surface area contributed by atoms with Gasteiger partial charge in [0.2, 0.25) is 5.91 Å². The molecule has 4 amide bonds. The van der Waals surface area contributed by atoms with Crippen LogP contribution in [-0.2, 0) is 16.1 Å². The lowest BCUT2D eigenvalue weighted by atomic mass is 9.97. The van der Waals surface area contributed by atoms with Crippen LogP contribution in [0.3, 0.4) is 0 Å². The van der Waals surface area contributed by atoms with Crippen LogP contribution in [-0.4, -0.2) is 40.7 Å². The van der Waals surface area contributed by atoms with Crippen molar-refractivity contribution in [2.45, 2.75) is 25.6 Å². The maximum Gasteiger partial charge on any atom is 0.322 e. The van der Waals surface area contributed by atoms with Crippen molar-refractivity contribution < 1.29 is 18.8 Å². The summed E-state index contributed by atoms with van der Waals surface area (Å²) in [4.78, 5) is 43.3. The Morgan fingerprint density at radius 3 is 2.71 bits per heavy atom. The molecule has 5 rings (SSSR count). The van der Waals surface area contributed by atoms with Crippen LogP contribution >= 0.6 is 11.3 Å². The van der Waals surface area contributed by atoms with Crippen LogP contribution in [0.1, 0.15) is 35.9 Å². The highest BCUT2D eigenvalue weighted by Gasteiger charge is 2.47. The zero-order valence-corrected chi connectivity index (χ0v) is 19.4. The van der Waals surface area contributed by atoms with Crippen molar-refractivity contribution in [3.05, 3.63) is 93.7 Å². The molecule has 0 saturated carbocycles. The van der Waals surface area contributed by atoms with Crippen LogP contribution < -0.4 is 10.6 Å². The lowest BCUT2D eigenvalue weighted by molar-refractivity contribution is -0.136. The molecule has 3 aromatic rings. The van der Waals surface area contributed by atoms with Crippen LogP contribution in [0, 0.1) is 0 Å². The molecule has 0 fully saturated rings. The number of hydrogen-bond donors (Lipinski definition) is 2. The number of carbonyl (C=O) groups is 3. The number of furan rings is 1. The normalized spacial score (nSPS) is 18.7. The monoisotopic (exact) mass is 476 g/mol. The van der Waals surface area contributed by atoms with Gasteiger partial charge in [-0.05, 0) is 47.0 Å². The molecular formula is C25H24N4O4S. The van der Waals surface area contributed by atoms with E-state index < -0.39 is 12.1 Å². The molecule has 0 bridgehead atoms. The minimum absolute atomic E-state index is 0.170. The lowest BCUT2D eigenvalue weighted by Crippen LogP contribution is -2.47. The third-order valence-electron chi connectivity index (χ3n) is 6.13. The molecule has 34 heavy (non-hydrogen) atoms. The molecule has 4 heterocycles. The van der Waals surface area contributed by atoms with Crippen molar-refractivity contribution >= 4 is 29.2 Å². The van der Waals surface area contributed by atoms with Crippen LogP contribution in [0.25, 0.3) is 0 Å². The SMILES string of the molecule is CCN1C(=O)N[C@@H](c2ccsc2)C2=C1CN([C@H](C(=O)NCc1ccco1)c1ccccc1)C2=O. The van der Waals surface area contributed by atoms with E-state index in [1.54, 1.807) is 28.2 Å². The average Bonchev–Trinajstić information content (AvgIpc) is 3.61. The first-order valence-electron chi connectivity index (χ1n) is 11.1. The number of likely N-dealkylation sites (N-methyl/N-ethyl adjacent to an activating group) is 1. The van der Waals surface area contributed by atoms with E-state index in [1.807, 2.05) is 54.1 Å². The first-order valence-corrected chi connectivity index (χ1v) is 12.0. The maximum atomic E-state index is 13.9. The van der Waals surface area contributed by atoms with Crippen molar-refractivity contribution in [3.63, 3.8) is 0 Å². The highest BCUT2D eigenvalue weighted by molar-refractivity contribution is 7.08. The number of rotatable bonds is 7. The molecule has 174 valence electrons. The van der Waals surface area contributed by atoms with E-state index in [1.165, 1.54) is 11.3 Å². The number of hydrogen-bond acceptors (Lipinski definition) is 5. The minimum atomic E-state index is -0.855. The van der Waals surface area contributed by atoms with Gasteiger partial charge in [-0.1, -0.05) is 30.3 Å². The fourth-order valence-electron chi connectivity index (χ4n) is 4.54. The standard InChI is InChI=1S/C25H24N4O4S/c1-2-28-19-14-29(24(31)20(19)21(27-25(28)32)17-10-12-34-15-17)22(16-7-4-3-5-8-16)23(30)26-13-18-9-6-11-33-18/h3-12,15,21-22H,2,13-14H2,1H3,(H,26,30)(H,27,32)/t21-,22-/m0/s1. The van der Waals surface area contributed by atoms with E-state index >= 15 is 0 Å². The second-order valence-corrected chi connectivity index (χ2v) is 8.87. The highest BCUT2D eigenvalue weighted by atomic mass is 32.1. The zero-order chi connectivity index (χ0) is 23.7. The van der Waals surface area contributed by atoms with Gasteiger partial charge in [0.1, 0.15) is 11.8 Å². The Morgan fingerprint density at radius 1 is 1.21 bits per heavy atom. The molecular weight excluding hydrogens is 452 g/mol. The summed E-state index contributed by atoms with van der Waals surface area (Å²) in [5, 5.41) is 9.71. The first kappa shape index (κ1) is 22.0. The minimum Gasteiger partial charge on any atom is -0.467 e. The number of thiophene rings is 1. The van der Waals surface area contributed by atoms with E-state index in [0.717, 1.165) is 5.56 Å². The number of urea groups is 1. The van der Waals surface area contributed by atoms with Crippen molar-refractivity contribution in [1.29, 1.82) is 0 Å². The molecule has 2 aromatic heterocycles. The van der Waals surface area contributed by atoms with Gasteiger partial charge in [-0.25, -0.2) is 4.79 Å². The number of nitrogens with zero attached hydrogens (tertiary/aromatic N) is 2. The third-order valence-corrected chi connectivity index (χ3v) is 6.84. The van der Waals surface area contributed by atoms with Crippen molar-refractivity contribution in [2.75, 3.05) is 13.1 Å². The van der Waals surface area contributed by atoms with Crippen LogP contribution in [0.4, 0.5) is 4.79 Å². The van der Waals surface area contributed by atoms with E-state index in [2.05, 4.69) is 10.6 Å². The maximum absolute atomic E-state index is 13.9. The van der Waals surface area contributed by atoms with Gasteiger partial charge >= 0.3 is 6.03 Å². The third kappa shape index (κ3) is 3.88. The van der Waals surface area contributed by atoms with Crippen molar-refractivity contribution in [3.8, 4) is 0 Å². The Hall–Kier alpha value is -3.85. The lowest BCUT2D eigenvalue weighted by Gasteiger charge is -2.32. The Kier molecular flexibility index (Phi) is 5.93. The largest absolute Gasteiger partial charge is 0.467 e. The number of nitrogens with one attached hydrogen (secondary N) is 2. The van der Waals surface area contributed by atoms with Crippen LogP contribution in [0.5, 0.6) is 0 Å². The van der Waals surface area contributed by atoms with Gasteiger partial charge in [-0.3, -0.25) is 14.5 Å². The predicted molar refractivity (Wildman–Crippen MR) is 126 cm³/mol. The summed E-state index contributed by atoms with van der Waals surface area (Å²) in [5.74, 6) is 0.0478. The Balaban J connectivity index is 1.50. The fourth-order valence-corrected chi connectivity index (χ4v) is 5.22. The van der Waals surface area contributed by atoms with Gasteiger partial charge in [-0.15, -0.1) is 0 Å². The number of carbonyl (C=O) groups excluding carboxylic acids is 3. The molecule has 0 unspecified atom stereocenters. The molecule has 1 aromatic carbocycles. The van der Waals surface area contributed by atoms with E-state index in [4.69, 9.17) is 4.42 Å². The summed E-state index contributed by atoms with van der Waals surface area (Å²) in [6, 6.07) is 13.0. The van der Waals surface area contributed by atoms with E-state index in [9.17, 15) is 14.4 Å². The molecule has 0 spiro atoms. The van der Waals surface area contributed by atoms with E-state index in [-0.39, 0.29) is 30.9 Å². The zero-order valence-electron chi connectivity index (χ0n) is 18.6. The molecule has 8 nitrogen and oxygen atoms in total. The summed E-state index contributed by atoms with van der Waals surface area (Å²) in [6.07, 6.45) is 1.55. The van der Waals surface area contributed by atoms with Gasteiger partial charge in [0, 0.05) is 6.54 Å². The molecule has 9 heteroatoms. The molecule has 2 aliphatic heterocycles. The summed E-state index contributed by atoms with van der Waals surface area (Å²) in [5.41, 5.74) is 2.71. The summed E-state index contributed by atoms with van der Waals surface area (Å²) < 4.78 is 5.33. The van der Waals surface area contributed by atoms with Gasteiger partial charge < -0.3 is 20.0 Å². The Labute approximate surface area is 200 Å². The van der Waals surface area contributed by atoms with Gasteiger partial charge in [0.25, 0.3) is 5.91 Å². The van der Waals surface area contributed by atoms with Gasteiger partial charge in [0.15, 0.2) is 0 Å². The molecule has 2 aliphatic rings. The first-order chi connectivity index (χ1) is 16.6. The average molecular weight is 477 g/mol. The fraction of sp³-hybridized carbons (Fsp3) is 0.240. The van der Waals surface area contributed by atoms with E-state index in [0.29, 0.717) is 29.1 Å². The molecule has 0 saturated heterocycles. The van der Waals surface area contributed by atoms with Crippen molar-refractivity contribution in [1.82, 2.24) is 20.4 Å². The number of amides is 4. The smallest absolute Gasteiger partial charge is 0.322 e. The number of benzene rings is 1. The van der Waals surface area contributed by atoms with Crippen LogP contribution in [0.15, 0.2) is 81.2 Å². The second kappa shape index (κ2) is 9.18. The Bertz CT molecular complexity index is 1220. The summed E-state index contributed by atoms with van der Waals surface area (Å²) in [7, 11) is 0. The molecule has 2 atom stereocenters. The van der Waals surface area contributed by atoms with Gasteiger partial charge in [-0.2, -0.15) is 11.3 Å². The molecule has 0 aliphatic carbocycles.